The van der Waals surface area contributed by atoms with Gasteiger partial charge < -0.3 is 11.1 Å². The summed E-state index contributed by atoms with van der Waals surface area (Å²) in [5.41, 5.74) is 7.42. The van der Waals surface area contributed by atoms with Gasteiger partial charge in [0.05, 0.1) is 10.6 Å². The summed E-state index contributed by atoms with van der Waals surface area (Å²) in [6, 6.07) is 12.1. The molecule has 0 aliphatic rings. The Bertz CT molecular complexity index is 614. The van der Waals surface area contributed by atoms with Gasteiger partial charge in [-0.05, 0) is 35.9 Å². The number of nitrogens with one attached hydrogen (secondary N) is 1. The van der Waals surface area contributed by atoms with E-state index in [-0.39, 0.29) is 5.91 Å². The molecule has 3 N–H and O–H groups in total. The Morgan fingerprint density at radius 3 is 2.68 bits per heavy atom. The summed E-state index contributed by atoms with van der Waals surface area (Å²) < 4.78 is 0. The van der Waals surface area contributed by atoms with Gasteiger partial charge in [0.2, 0.25) is 0 Å². The normalized spacial score (nSPS) is 10.2. The van der Waals surface area contributed by atoms with E-state index >= 15 is 0 Å². The Labute approximate surface area is 121 Å². The Morgan fingerprint density at radius 2 is 1.95 bits per heavy atom. The van der Waals surface area contributed by atoms with Gasteiger partial charge in [0.25, 0.3) is 5.91 Å². The molecule has 5 heteroatoms. The Balaban J connectivity index is 2.07. The monoisotopic (exact) mass is 294 g/mol. The number of benzene rings is 2. The van der Waals surface area contributed by atoms with E-state index in [0.717, 1.165) is 5.56 Å². The number of anilines is 1. The van der Waals surface area contributed by atoms with Gasteiger partial charge in [0.1, 0.15) is 0 Å². The summed E-state index contributed by atoms with van der Waals surface area (Å²) in [5.74, 6) is -0.266. The molecule has 2 rings (SSSR count). The molecule has 0 spiro atoms. The number of rotatable bonds is 3. The molecule has 0 bridgehead atoms. The zero-order valence-corrected chi connectivity index (χ0v) is 11.5. The van der Waals surface area contributed by atoms with Gasteiger partial charge in [0, 0.05) is 17.3 Å². The van der Waals surface area contributed by atoms with Gasteiger partial charge in [-0.25, -0.2) is 0 Å². The molecule has 2 aromatic carbocycles. The van der Waals surface area contributed by atoms with Crippen LogP contribution < -0.4 is 11.1 Å². The number of hydrogen-bond donors (Lipinski definition) is 2. The van der Waals surface area contributed by atoms with E-state index in [9.17, 15) is 4.79 Å². The first-order valence-electron chi connectivity index (χ1n) is 5.64. The number of carbonyl (C=O) groups excluding carboxylic acids is 1. The highest BCUT2D eigenvalue weighted by molar-refractivity contribution is 6.34. The number of amides is 1. The highest BCUT2D eigenvalue weighted by Gasteiger charge is 2.10. The molecule has 19 heavy (non-hydrogen) atoms. The van der Waals surface area contributed by atoms with Crippen molar-refractivity contribution in [2.45, 2.75) is 6.54 Å². The third-order valence-corrected chi connectivity index (χ3v) is 3.14. The summed E-state index contributed by atoms with van der Waals surface area (Å²) in [6.45, 7) is 0.379. The van der Waals surface area contributed by atoms with Crippen LogP contribution >= 0.6 is 23.2 Å². The fourth-order valence-corrected chi connectivity index (χ4v) is 2.06. The molecular weight excluding hydrogens is 283 g/mol. The van der Waals surface area contributed by atoms with Crippen molar-refractivity contribution >= 4 is 34.8 Å². The second-order valence-electron chi connectivity index (χ2n) is 4.05. The fraction of sp³-hybridized carbons (Fsp3) is 0.0714. The molecule has 98 valence electrons. The zero-order chi connectivity index (χ0) is 13.8. The summed E-state index contributed by atoms with van der Waals surface area (Å²) >= 11 is 11.8. The SMILES string of the molecule is Nc1ccc(Cl)c(C(=O)NCc2cccc(Cl)c2)c1. The van der Waals surface area contributed by atoms with Crippen LogP contribution in [0.25, 0.3) is 0 Å². The predicted molar refractivity (Wildman–Crippen MR) is 78.5 cm³/mol. The Hall–Kier alpha value is -1.71. The molecule has 0 saturated heterocycles. The average Bonchev–Trinajstić information content (AvgIpc) is 2.39. The maximum atomic E-state index is 12.0. The lowest BCUT2D eigenvalue weighted by Gasteiger charge is -2.08. The standard InChI is InChI=1S/C14H12Cl2N2O/c15-10-3-1-2-9(6-10)8-18-14(19)12-7-11(17)4-5-13(12)16/h1-7H,8,17H2,(H,18,19). The van der Waals surface area contributed by atoms with E-state index in [2.05, 4.69) is 5.32 Å². The van der Waals surface area contributed by atoms with E-state index in [4.69, 9.17) is 28.9 Å². The molecule has 0 fully saturated rings. The zero-order valence-electron chi connectivity index (χ0n) is 9.99. The van der Waals surface area contributed by atoms with Crippen LogP contribution in [-0.2, 0) is 6.54 Å². The lowest BCUT2D eigenvalue weighted by atomic mass is 10.1. The number of nitrogens with two attached hydrogens (primary N) is 1. The third-order valence-electron chi connectivity index (χ3n) is 2.58. The second-order valence-corrected chi connectivity index (χ2v) is 4.90. The number of hydrogen-bond acceptors (Lipinski definition) is 2. The molecule has 2 aromatic rings. The van der Waals surface area contributed by atoms with Gasteiger partial charge in [-0.1, -0.05) is 35.3 Å². The molecule has 0 heterocycles. The first kappa shape index (κ1) is 13.7. The molecule has 0 aliphatic carbocycles. The van der Waals surface area contributed by atoms with Gasteiger partial charge in [0.15, 0.2) is 0 Å². The molecular formula is C14H12Cl2N2O. The molecule has 0 radical (unpaired) electrons. The average molecular weight is 295 g/mol. The molecule has 3 nitrogen and oxygen atoms in total. The molecule has 1 amide bonds. The van der Waals surface area contributed by atoms with Gasteiger partial charge in [-0.3, -0.25) is 4.79 Å². The Morgan fingerprint density at radius 1 is 1.16 bits per heavy atom. The smallest absolute Gasteiger partial charge is 0.253 e. The summed E-state index contributed by atoms with van der Waals surface area (Å²) in [6.07, 6.45) is 0. The summed E-state index contributed by atoms with van der Waals surface area (Å²) in [7, 11) is 0. The highest BCUT2D eigenvalue weighted by atomic mass is 35.5. The minimum absolute atomic E-state index is 0.266. The third kappa shape index (κ3) is 3.63. The van der Waals surface area contributed by atoms with Crippen molar-refractivity contribution in [3.8, 4) is 0 Å². The first-order chi connectivity index (χ1) is 9.06. The predicted octanol–water partition coefficient (Wildman–Crippen LogP) is 3.51. The van der Waals surface area contributed by atoms with Gasteiger partial charge in [-0.15, -0.1) is 0 Å². The van der Waals surface area contributed by atoms with E-state index in [1.807, 2.05) is 12.1 Å². The minimum atomic E-state index is -0.266. The van der Waals surface area contributed by atoms with Crippen LogP contribution in [-0.4, -0.2) is 5.91 Å². The second kappa shape index (κ2) is 5.95. The number of carbonyl (C=O) groups is 1. The van der Waals surface area contributed by atoms with Gasteiger partial charge in [-0.2, -0.15) is 0 Å². The quantitative estimate of drug-likeness (QED) is 0.851. The Kier molecular flexibility index (Phi) is 4.30. The van der Waals surface area contributed by atoms with Crippen molar-refractivity contribution in [1.29, 1.82) is 0 Å². The van der Waals surface area contributed by atoms with E-state index in [0.29, 0.717) is 27.8 Å². The molecule has 0 aromatic heterocycles. The van der Waals surface area contributed by atoms with Crippen molar-refractivity contribution in [2.75, 3.05) is 5.73 Å². The van der Waals surface area contributed by atoms with Crippen LogP contribution in [0.4, 0.5) is 5.69 Å². The van der Waals surface area contributed by atoms with Gasteiger partial charge >= 0.3 is 0 Å². The first-order valence-corrected chi connectivity index (χ1v) is 6.39. The maximum absolute atomic E-state index is 12.0. The lowest BCUT2D eigenvalue weighted by molar-refractivity contribution is 0.0951. The van der Waals surface area contributed by atoms with Crippen molar-refractivity contribution < 1.29 is 4.79 Å². The largest absolute Gasteiger partial charge is 0.399 e. The van der Waals surface area contributed by atoms with Crippen LogP contribution in [0.5, 0.6) is 0 Å². The van der Waals surface area contributed by atoms with E-state index in [1.165, 1.54) is 0 Å². The highest BCUT2D eigenvalue weighted by Crippen LogP contribution is 2.19. The van der Waals surface area contributed by atoms with Crippen LogP contribution in [0.3, 0.4) is 0 Å². The molecule has 0 atom stereocenters. The maximum Gasteiger partial charge on any atom is 0.253 e. The van der Waals surface area contributed by atoms with Crippen LogP contribution in [0.1, 0.15) is 15.9 Å². The summed E-state index contributed by atoms with van der Waals surface area (Å²) in [4.78, 5) is 12.0. The van der Waals surface area contributed by atoms with E-state index in [1.54, 1.807) is 30.3 Å². The van der Waals surface area contributed by atoms with Crippen LogP contribution in [0, 0.1) is 0 Å². The van der Waals surface area contributed by atoms with Crippen molar-refractivity contribution in [2.24, 2.45) is 0 Å². The van der Waals surface area contributed by atoms with E-state index < -0.39 is 0 Å². The van der Waals surface area contributed by atoms with Crippen molar-refractivity contribution in [3.05, 3.63) is 63.6 Å². The molecule has 0 saturated carbocycles. The lowest BCUT2D eigenvalue weighted by Crippen LogP contribution is -2.23. The van der Waals surface area contributed by atoms with Crippen LogP contribution in [0.15, 0.2) is 42.5 Å². The molecule has 0 unspecified atom stereocenters. The van der Waals surface area contributed by atoms with Crippen molar-refractivity contribution in [1.82, 2.24) is 5.32 Å². The number of nitrogen functional groups attached to an aromatic ring is 1. The fourth-order valence-electron chi connectivity index (χ4n) is 1.64. The number of halogens is 2. The topological polar surface area (TPSA) is 55.1 Å². The minimum Gasteiger partial charge on any atom is -0.399 e. The molecule has 0 aliphatic heterocycles. The van der Waals surface area contributed by atoms with Crippen LogP contribution in [0.2, 0.25) is 10.0 Å². The summed E-state index contributed by atoms with van der Waals surface area (Å²) in [5, 5.41) is 3.78. The van der Waals surface area contributed by atoms with Crippen molar-refractivity contribution in [3.63, 3.8) is 0 Å².